The summed E-state index contributed by atoms with van der Waals surface area (Å²) in [6, 6.07) is -0.674. The highest BCUT2D eigenvalue weighted by atomic mass is 16.4. The number of carbonyl (C=O) groups excluding carboxylic acids is 1. The van der Waals surface area contributed by atoms with Crippen LogP contribution in [0.15, 0.2) is 12.2 Å². The maximum atomic E-state index is 11.2. The van der Waals surface area contributed by atoms with Gasteiger partial charge in [0.25, 0.3) is 0 Å². The highest BCUT2D eigenvalue weighted by Crippen LogP contribution is 2.71. The molecule has 0 aromatic heterocycles. The first-order valence-corrected chi connectivity index (χ1v) is 16.1. The third kappa shape index (κ3) is 10.3. The number of aliphatic carboxylic acids is 1. The standard InChI is InChI=1S/C33H60N2O3/c1-27-20-21-28-26-33(27,32(28,2)3)24-18-16-14-12-10-8-6-4-5-7-9-11-13-15-17-19-25-35-29(31(37)38)22-23-30(34)36/h4-5,27-29,35H,6-26H2,1-3H3,(H2,34,36)(H,37,38)/b5-4-/t27?,28?,29-,33?/m0/s1. The van der Waals surface area contributed by atoms with E-state index in [1.165, 1.54) is 103 Å². The fourth-order valence-corrected chi connectivity index (χ4v) is 7.55. The predicted molar refractivity (Wildman–Crippen MR) is 159 cm³/mol. The zero-order valence-electron chi connectivity index (χ0n) is 25.1. The average Bonchev–Trinajstić information content (AvgIpc) is 2.87. The van der Waals surface area contributed by atoms with Crippen LogP contribution in [0.2, 0.25) is 0 Å². The Bertz CT molecular complexity index is 719. The van der Waals surface area contributed by atoms with Crippen LogP contribution in [0.25, 0.3) is 0 Å². The van der Waals surface area contributed by atoms with E-state index in [-0.39, 0.29) is 12.8 Å². The maximum absolute atomic E-state index is 11.2. The van der Waals surface area contributed by atoms with Crippen molar-refractivity contribution in [3.63, 3.8) is 0 Å². The van der Waals surface area contributed by atoms with Crippen molar-refractivity contribution in [2.24, 2.45) is 28.4 Å². The summed E-state index contributed by atoms with van der Waals surface area (Å²) in [5.74, 6) is 0.585. The lowest BCUT2D eigenvalue weighted by Gasteiger charge is -2.69. The van der Waals surface area contributed by atoms with Crippen molar-refractivity contribution in [1.29, 1.82) is 0 Å². The molecule has 5 heteroatoms. The normalized spacial score (nSPS) is 24.8. The van der Waals surface area contributed by atoms with Crippen LogP contribution in [0.1, 0.15) is 149 Å². The molecular formula is C33H60N2O3. The zero-order chi connectivity index (χ0) is 27.9. The zero-order valence-corrected chi connectivity index (χ0v) is 25.1. The number of nitrogens with one attached hydrogen (secondary N) is 1. The van der Waals surface area contributed by atoms with Crippen molar-refractivity contribution in [3.05, 3.63) is 12.2 Å². The van der Waals surface area contributed by atoms with Crippen LogP contribution in [-0.2, 0) is 9.59 Å². The van der Waals surface area contributed by atoms with Crippen molar-refractivity contribution in [3.8, 4) is 0 Å². The second-order valence-electron chi connectivity index (χ2n) is 13.1. The molecule has 0 aromatic carbocycles. The minimum Gasteiger partial charge on any atom is -0.480 e. The van der Waals surface area contributed by atoms with E-state index in [2.05, 4.69) is 38.2 Å². The van der Waals surface area contributed by atoms with Crippen molar-refractivity contribution >= 4 is 11.9 Å². The molecule has 5 nitrogen and oxygen atoms in total. The van der Waals surface area contributed by atoms with Crippen LogP contribution in [0, 0.1) is 22.7 Å². The molecule has 0 radical (unpaired) electrons. The molecular weight excluding hydrogens is 472 g/mol. The van der Waals surface area contributed by atoms with Gasteiger partial charge in [-0.1, -0.05) is 90.7 Å². The molecule has 0 saturated heterocycles. The number of primary amides is 1. The Morgan fingerprint density at radius 1 is 0.895 bits per heavy atom. The van der Waals surface area contributed by atoms with Gasteiger partial charge in [0.05, 0.1) is 0 Å². The highest BCUT2D eigenvalue weighted by Gasteiger charge is 2.63. The van der Waals surface area contributed by atoms with Gasteiger partial charge in [-0.2, -0.15) is 0 Å². The van der Waals surface area contributed by atoms with E-state index < -0.39 is 17.9 Å². The molecule has 2 bridgehead atoms. The van der Waals surface area contributed by atoms with Crippen LogP contribution in [0.3, 0.4) is 0 Å². The molecule has 4 N–H and O–H groups in total. The quantitative estimate of drug-likeness (QED) is 0.0914. The molecule has 0 aliphatic heterocycles. The summed E-state index contributed by atoms with van der Waals surface area (Å²) in [5.41, 5.74) is 6.37. The molecule has 220 valence electrons. The fourth-order valence-electron chi connectivity index (χ4n) is 7.55. The molecule has 3 aliphatic carbocycles. The molecule has 3 aliphatic rings. The van der Waals surface area contributed by atoms with Gasteiger partial charge < -0.3 is 16.2 Å². The van der Waals surface area contributed by atoms with E-state index in [9.17, 15) is 14.7 Å². The van der Waals surface area contributed by atoms with Crippen molar-refractivity contribution in [1.82, 2.24) is 5.32 Å². The van der Waals surface area contributed by atoms with Crippen LogP contribution < -0.4 is 11.1 Å². The SMILES string of the molecule is CC1CCC2CC1(CCCCCCCC/C=C\CCCCCCCCN[C@@H](CCC(N)=O)C(=O)O)C2(C)C. The molecule has 4 atom stereocenters. The molecule has 3 fully saturated rings. The number of unbranched alkanes of at least 4 members (excludes halogenated alkanes) is 12. The Morgan fingerprint density at radius 3 is 1.97 bits per heavy atom. The number of fused-ring (bicyclic) bond motifs is 2. The molecule has 3 saturated carbocycles. The van der Waals surface area contributed by atoms with E-state index in [0.717, 1.165) is 24.7 Å². The Labute approximate surface area is 234 Å². The summed E-state index contributed by atoms with van der Waals surface area (Å²) in [6.07, 6.45) is 29.0. The molecule has 38 heavy (non-hydrogen) atoms. The summed E-state index contributed by atoms with van der Waals surface area (Å²) in [4.78, 5) is 22.0. The Kier molecular flexibility index (Phi) is 15.0. The van der Waals surface area contributed by atoms with Crippen molar-refractivity contribution in [2.75, 3.05) is 6.54 Å². The molecule has 0 spiro atoms. The van der Waals surface area contributed by atoms with Crippen LogP contribution >= 0.6 is 0 Å². The monoisotopic (exact) mass is 532 g/mol. The van der Waals surface area contributed by atoms with Crippen LogP contribution in [0.5, 0.6) is 0 Å². The Morgan fingerprint density at radius 2 is 1.45 bits per heavy atom. The first kappa shape index (κ1) is 32.8. The number of nitrogens with two attached hydrogens (primary N) is 1. The predicted octanol–water partition coefficient (Wildman–Crippen LogP) is 8.16. The number of amides is 1. The minimum absolute atomic E-state index is 0.109. The largest absolute Gasteiger partial charge is 0.480 e. The number of hydrogen-bond donors (Lipinski definition) is 3. The third-order valence-electron chi connectivity index (χ3n) is 10.4. The lowest BCUT2D eigenvalue weighted by molar-refractivity contribution is -0.199. The van der Waals surface area contributed by atoms with E-state index in [1.807, 2.05) is 0 Å². The van der Waals surface area contributed by atoms with Gasteiger partial charge in [-0.25, -0.2) is 0 Å². The van der Waals surface area contributed by atoms with Gasteiger partial charge in [0.1, 0.15) is 6.04 Å². The van der Waals surface area contributed by atoms with Gasteiger partial charge in [0, 0.05) is 6.42 Å². The minimum atomic E-state index is -0.908. The Balaban J connectivity index is 1.33. The number of carbonyl (C=O) groups is 2. The lowest BCUT2D eigenvalue weighted by atomic mass is 9.36. The topological polar surface area (TPSA) is 92.4 Å². The lowest BCUT2D eigenvalue weighted by Crippen LogP contribution is -2.61. The van der Waals surface area contributed by atoms with E-state index in [1.54, 1.807) is 0 Å². The van der Waals surface area contributed by atoms with E-state index in [0.29, 0.717) is 17.4 Å². The first-order chi connectivity index (χ1) is 18.2. The molecule has 1 amide bonds. The van der Waals surface area contributed by atoms with Crippen LogP contribution in [-0.4, -0.2) is 29.6 Å². The second-order valence-corrected chi connectivity index (χ2v) is 13.1. The second kappa shape index (κ2) is 17.4. The van der Waals surface area contributed by atoms with Gasteiger partial charge in [-0.05, 0) is 93.4 Å². The average molecular weight is 533 g/mol. The number of carboxylic acid groups (broad SMARTS) is 1. The number of rotatable bonds is 23. The number of allylic oxidation sites excluding steroid dienone is 2. The molecule has 0 heterocycles. The number of hydrogen-bond acceptors (Lipinski definition) is 3. The van der Waals surface area contributed by atoms with Crippen molar-refractivity contribution in [2.45, 2.75) is 155 Å². The first-order valence-electron chi connectivity index (χ1n) is 16.1. The van der Waals surface area contributed by atoms with Crippen LogP contribution in [0.4, 0.5) is 0 Å². The molecule has 0 aromatic rings. The summed E-state index contributed by atoms with van der Waals surface area (Å²) in [5, 5.41) is 12.2. The summed E-state index contributed by atoms with van der Waals surface area (Å²) < 4.78 is 0. The van der Waals surface area contributed by atoms with Gasteiger partial charge in [0.2, 0.25) is 5.91 Å². The van der Waals surface area contributed by atoms with Gasteiger partial charge >= 0.3 is 5.97 Å². The van der Waals surface area contributed by atoms with Gasteiger partial charge in [-0.15, -0.1) is 0 Å². The van der Waals surface area contributed by atoms with Crippen molar-refractivity contribution < 1.29 is 14.7 Å². The highest BCUT2D eigenvalue weighted by molar-refractivity contribution is 5.77. The molecule has 3 rings (SSSR count). The van der Waals surface area contributed by atoms with Gasteiger partial charge in [0.15, 0.2) is 0 Å². The summed E-state index contributed by atoms with van der Waals surface area (Å²) >= 11 is 0. The summed E-state index contributed by atoms with van der Waals surface area (Å²) in [6.45, 7) is 8.33. The fraction of sp³-hybridized carbons (Fsp3) is 0.879. The maximum Gasteiger partial charge on any atom is 0.320 e. The summed E-state index contributed by atoms with van der Waals surface area (Å²) in [7, 11) is 0. The smallest absolute Gasteiger partial charge is 0.320 e. The van der Waals surface area contributed by atoms with E-state index in [4.69, 9.17) is 5.73 Å². The molecule has 3 unspecified atom stereocenters. The van der Waals surface area contributed by atoms with E-state index >= 15 is 0 Å². The number of carboxylic acids is 1. The Hall–Kier alpha value is -1.36. The third-order valence-corrected chi connectivity index (χ3v) is 10.4. The van der Waals surface area contributed by atoms with Gasteiger partial charge in [-0.3, -0.25) is 9.59 Å².